The summed E-state index contributed by atoms with van der Waals surface area (Å²) in [6.45, 7) is 4.97. The van der Waals surface area contributed by atoms with Crippen LogP contribution in [-0.4, -0.2) is 11.6 Å². The van der Waals surface area contributed by atoms with Crippen molar-refractivity contribution in [1.29, 1.82) is 0 Å². The molecule has 0 aromatic carbocycles. The molecule has 2 saturated carbocycles. The van der Waals surface area contributed by atoms with Crippen molar-refractivity contribution in [2.45, 2.75) is 76.8 Å². The van der Waals surface area contributed by atoms with Crippen molar-refractivity contribution in [2.75, 3.05) is 0 Å². The highest BCUT2D eigenvalue weighted by molar-refractivity contribution is 5.23. The quantitative estimate of drug-likeness (QED) is 0.680. The van der Waals surface area contributed by atoms with Gasteiger partial charge in [0, 0.05) is 12.8 Å². The predicted molar refractivity (Wildman–Crippen MR) is 65.3 cm³/mol. The first-order valence-electron chi connectivity index (χ1n) is 7.50. The van der Waals surface area contributed by atoms with Crippen molar-refractivity contribution < 1.29 is 9.47 Å². The maximum atomic E-state index is 5.75. The molecule has 2 unspecified atom stereocenters. The van der Waals surface area contributed by atoms with Crippen molar-refractivity contribution in [3.63, 3.8) is 0 Å². The molecular weight excluding hydrogens is 212 g/mol. The van der Waals surface area contributed by atoms with Gasteiger partial charge < -0.3 is 9.47 Å². The van der Waals surface area contributed by atoms with E-state index in [0.29, 0.717) is 5.41 Å². The van der Waals surface area contributed by atoms with Crippen LogP contribution < -0.4 is 0 Å². The highest BCUT2D eigenvalue weighted by atomic mass is 17.0. The van der Waals surface area contributed by atoms with E-state index in [4.69, 9.17) is 9.47 Å². The predicted octanol–water partition coefficient (Wildman–Crippen LogP) is 3.85. The lowest BCUT2D eigenvalue weighted by atomic mass is 9.61. The molecule has 2 saturated heterocycles. The van der Waals surface area contributed by atoms with Crippen molar-refractivity contribution in [3.05, 3.63) is 0 Å². The van der Waals surface area contributed by atoms with E-state index in [9.17, 15) is 0 Å². The first-order valence-corrected chi connectivity index (χ1v) is 7.50. The van der Waals surface area contributed by atoms with Crippen LogP contribution in [0.4, 0.5) is 0 Å². The Morgan fingerprint density at radius 3 is 2.35 bits per heavy atom. The number of ether oxygens (including phenoxy) is 2. The van der Waals surface area contributed by atoms with E-state index >= 15 is 0 Å². The third-order valence-corrected chi connectivity index (χ3v) is 6.27. The lowest BCUT2D eigenvalue weighted by molar-refractivity contribution is -0.0985. The van der Waals surface area contributed by atoms with Crippen LogP contribution in [0.1, 0.15) is 65.2 Å². The smallest absolute Gasteiger partial charge is 0.229 e. The topological polar surface area (TPSA) is 25.1 Å². The fraction of sp³-hybridized carbons (Fsp3) is 1.00. The Hall–Kier alpha value is -0.0800. The molecule has 0 N–H and O–H groups in total. The Kier molecular flexibility index (Phi) is 1.96. The maximum Gasteiger partial charge on any atom is 0.229 e. The fourth-order valence-electron chi connectivity index (χ4n) is 4.65. The Balaban J connectivity index is 1.49. The van der Waals surface area contributed by atoms with Crippen LogP contribution in [-0.2, 0) is 9.47 Å². The molecule has 2 atom stereocenters. The Morgan fingerprint density at radius 1 is 1.00 bits per heavy atom. The Morgan fingerprint density at radius 2 is 1.71 bits per heavy atom. The lowest BCUT2D eigenvalue weighted by Crippen LogP contribution is -2.36. The van der Waals surface area contributed by atoms with Gasteiger partial charge in [0.2, 0.25) is 11.6 Å². The van der Waals surface area contributed by atoms with Gasteiger partial charge in [-0.3, -0.25) is 0 Å². The van der Waals surface area contributed by atoms with Gasteiger partial charge in [-0.05, 0) is 23.7 Å². The van der Waals surface area contributed by atoms with Gasteiger partial charge in [-0.25, -0.2) is 0 Å². The zero-order chi connectivity index (χ0) is 11.7. The Bertz CT molecular complexity index is 339. The normalized spacial score (nSPS) is 54.7. The zero-order valence-electron chi connectivity index (χ0n) is 11.1. The molecule has 96 valence electrons. The second kappa shape index (κ2) is 3.08. The number of hydrogen-bond acceptors (Lipinski definition) is 2. The fourth-order valence-corrected chi connectivity index (χ4v) is 4.65. The molecule has 2 aliphatic carbocycles. The molecule has 2 aliphatic heterocycles. The van der Waals surface area contributed by atoms with Crippen molar-refractivity contribution in [1.82, 2.24) is 0 Å². The second-order valence-electron chi connectivity index (χ2n) is 7.23. The van der Waals surface area contributed by atoms with Crippen molar-refractivity contribution >= 4 is 0 Å². The van der Waals surface area contributed by atoms with Crippen LogP contribution in [0.5, 0.6) is 0 Å². The summed E-state index contributed by atoms with van der Waals surface area (Å²) in [5.41, 5.74) is 0.457. The minimum Gasteiger partial charge on any atom is -0.307 e. The van der Waals surface area contributed by atoms with E-state index in [-0.39, 0.29) is 11.6 Å². The largest absolute Gasteiger partial charge is 0.307 e. The minimum absolute atomic E-state index is 0.0706. The van der Waals surface area contributed by atoms with E-state index in [1.807, 2.05) is 0 Å². The number of epoxide rings is 2. The average Bonchev–Trinajstić information content (AvgIpc) is 3.15. The van der Waals surface area contributed by atoms with E-state index in [2.05, 4.69) is 13.8 Å². The van der Waals surface area contributed by atoms with E-state index < -0.39 is 0 Å². The first-order chi connectivity index (χ1) is 8.09. The molecule has 0 radical (unpaired) electrons. The minimum atomic E-state index is -0.0943. The third kappa shape index (κ3) is 1.34. The molecular formula is C15H24O2. The van der Waals surface area contributed by atoms with Crippen LogP contribution >= 0.6 is 0 Å². The molecule has 0 spiro atoms. The van der Waals surface area contributed by atoms with Gasteiger partial charge >= 0.3 is 0 Å². The van der Waals surface area contributed by atoms with Crippen LogP contribution in [0.25, 0.3) is 0 Å². The third-order valence-electron chi connectivity index (χ3n) is 6.27. The summed E-state index contributed by atoms with van der Waals surface area (Å²) in [5, 5.41) is 0. The number of hydrogen-bond donors (Lipinski definition) is 0. The van der Waals surface area contributed by atoms with Gasteiger partial charge in [-0.2, -0.15) is 0 Å². The summed E-state index contributed by atoms with van der Waals surface area (Å²) in [5.74, 6) is 1.63. The van der Waals surface area contributed by atoms with Crippen LogP contribution in [0.15, 0.2) is 0 Å². The van der Waals surface area contributed by atoms with Gasteiger partial charge in [0.05, 0.1) is 0 Å². The average molecular weight is 236 g/mol. The van der Waals surface area contributed by atoms with Gasteiger partial charge in [-0.1, -0.05) is 46.0 Å². The summed E-state index contributed by atoms with van der Waals surface area (Å²) in [6.07, 6.45) is 10.9. The van der Waals surface area contributed by atoms with Gasteiger partial charge in [-0.15, -0.1) is 0 Å². The highest BCUT2D eigenvalue weighted by Gasteiger charge is 2.92. The summed E-state index contributed by atoms with van der Waals surface area (Å²) < 4.78 is 11.5. The maximum absolute atomic E-state index is 5.75. The molecule has 0 aromatic rings. The van der Waals surface area contributed by atoms with Gasteiger partial charge in [0.1, 0.15) is 0 Å². The summed E-state index contributed by atoms with van der Waals surface area (Å²) in [6, 6.07) is 0. The first kappa shape index (κ1) is 10.8. The van der Waals surface area contributed by atoms with E-state index in [1.165, 1.54) is 38.5 Å². The summed E-state index contributed by atoms with van der Waals surface area (Å²) >= 11 is 0. The lowest BCUT2D eigenvalue weighted by Gasteiger charge is -2.42. The van der Waals surface area contributed by atoms with E-state index in [0.717, 1.165) is 24.7 Å². The molecule has 4 fully saturated rings. The SMILES string of the molecule is CC(C1CCCCC1)C1(C)CCC23OC2(C1)O3. The van der Waals surface area contributed by atoms with Crippen LogP contribution in [0.3, 0.4) is 0 Å². The molecule has 4 aliphatic rings. The molecule has 17 heavy (non-hydrogen) atoms. The van der Waals surface area contributed by atoms with Crippen LogP contribution in [0.2, 0.25) is 0 Å². The highest BCUT2D eigenvalue weighted by Crippen LogP contribution is 2.77. The van der Waals surface area contributed by atoms with Gasteiger partial charge in [0.25, 0.3) is 0 Å². The molecule has 2 heterocycles. The van der Waals surface area contributed by atoms with Crippen molar-refractivity contribution in [3.8, 4) is 0 Å². The summed E-state index contributed by atoms with van der Waals surface area (Å²) in [7, 11) is 0. The standard InChI is InChI=1S/C15H24O2/c1-11(12-6-4-3-5-7-12)13(2)8-9-14-15(10-13,16-14)17-14/h11-12H,3-10H2,1-2H3. The molecule has 2 heteroatoms. The molecule has 2 nitrogen and oxygen atoms in total. The molecule has 0 bridgehead atoms. The monoisotopic (exact) mass is 236 g/mol. The molecule has 0 amide bonds. The van der Waals surface area contributed by atoms with Crippen molar-refractivity contribution in [2.24, 2.45) is 17.3 Å². The Labute approximate surface area is 104 Å². The van der Waals surface area contributed by atoms with E-state index in [1.54, 1.807) is 0 Å². The zero-order valence-corrected chi connectivity index (χ0v) is 11.1. The van der Waals surface area contributed by atoms with Crippen LogP contribution in [0, 0.1) is 17.3 Å². The molecule has 4 rings (SSSR count). The van der Waals surface area contributed by atoms with Gasteiger partial charge in [0.15, 0.2) is 0 Å². The summed E-state index contributed by atoms with van der Waals surface area (Å²) in [4.78, 5) is 0. The molecule has 0 aromatic heterocycles. The number of rotatable bonds is 2. The second-order valence-corrected chi connectivity index (χ2v) is 7.23.